The van der Waals surface area contributed by atoms with Crippen LogP contribution in [0.3, 0.4) is 0 Å². The summed E-state index contributed by atoms with van der Waals surface area (Å²) in [5.41, 5.74) is 4.93. The minimum atomic E-state index is -0.289. The van der Waals surface area contributed by atoms with Crippen molar-refractivity contribution in [3.05, 3.63) is 70.9 Å². The van der Waals surface area contributed by atoms with Gasteiger partial charge >= 0.3 is 0 Å². The van der Waals surface area contributed by atoms with Gasteiger partial charge in [0.1, 0.15) is 6.54 Å². The van der Waals surface area contributed by atoms with E-state index in [4.69, 9.17) is 4.74 Å². The summed E-state index contributed by atoms with van der Waals surface area (Å²) in [6.07, 6.45) is 2.07. The zero-order valence-corrected chi connectivity index (χ0v) is 17.9. The fourth-order valence-corrected chi connectivity index (χ4v) is 4.98. The zero-order valence-electron chi connectivity index (χ0n) is 17.9. The van der Waals surface area contributed by atoms with E-state index < -0.39 is 0 Å². The van der Waals surface area contributed by atoms with Crippen LogP contribution in [0.4, 0.5) is 0 Å². The SMILES string of the molecule is Cc1c([C@@H]2c3ccccc3C(=O)N2CC(=O)NC[C@@H]2CCCO2)c2ccccc2n1C. The van der Waals surface area contributed by atoms with Crippen molar-refractivity contribution in [1.29, 1.82) is 0 Å². The second-order valence-electron chi connectivity index (χ2n) is 8.44. The number of rotatable bonds is 5. The first-order valence-electron chi connectivity index (χ1n) is 10.9. The molecule has 2 aliphatic rings. The number of hydrogen-bond donors (Lipinski definition) is 1. The molecule has 31 heavy (non-hydrogen) atoms. The Balaban J connectivity index is 1.51. The first-order chi connectivity index (χ1) is 15.1. The molecule has 0 unspecified atom stereocenters. The molecule has 0 radical (unpaired) electrons. The molecule has 0 spiro atoms. The first kappa shape index (κ1) is 19.8. The van der Waals surface area contributed by atoms with Gasteiger partial charge in [0.05, 0.1) is 12.1 Å². The number of aryl methyl sites for hydroxylation is 1. The van der Waals surface area contributed by atoms with E-state index in [1.165, 1.54) is 0 Å². The van der Waals surface area contributed by atoms with Gasteiger partial charge < -0.3 is 19.5 Å². The van der Waals surface area contributed by atoms with E-state index in [1.807, 2.05) is 43.4 Å². The molecule has 2 atom stereocenters. The third-order valence-corrected chi connectivity index (χ3v) is 6.65. The first-order valence-corrected chi connectivity index (χ1v) is 10.9. The molecule has 5 rings (SSSR count). The molecule has 3 aromatic rings. The molecule has 2 aromatic carbocycles. The normalized spacial score (nSPS) is 20.5. The summed E-state index contributed by atoms with van der Waals surface area (Å²) in [4.78, 5) is 27.9. The van der Waals surface area contributed by atoms with E-state index in [0.717, 1.165) is 47.2 Å². The number of aromatic nitrogens is 1. The van der Waals surface area contributed by atoms with Gasteiger partial charge in [0.15, 0.2) is 0 Å². The minimum Gasteiger partial charge on any atom is -0.376 e. The van der Waals surface area contributed by atoms with Gasteiger partial charge in [-0.25, -0.2) is 0 Å². The molecule has 1 N–H and O–H groups in total. The Morgan fingerprint density at radius 1 is 1.16 bits per heavy atom. The van der Waals surface area contributed by atoms with Crippen molar-refractivity contribution >= 4 is 22.7 Å². The van der Waals surface area contributed by atoms with Crippen molar-refractivity contribution in [3.63, 3.8) is 0 Å². The number of fused-ring (bicyclic) bond motifs is 2. The number of nitrogens with zero attached hydrogens (tertiary/aromatic N) is 2. The highest BCUT2D eigenvalue weighted by molar-refractivity contribution is 6.02. The molecule has 0 aliphatic carbocycles. The van der Waals surface area contributed by atoms with Gasteiger partial charge in [-0.2, -0.15) is 0 Å². The molecule has 3 heterocycles. The molecule has 0 saturated carbocycles. The number of carbonyl (C=O) groups is 2. The van der Waals surface area contributed by atoms with E-state index in [-0.39, 0.29) is 30.5 Å². The average Bonchev–Trinajstić information content (AvgIpc) is 3.46. The van der Waals surface area contributed by atoms with Crippen molar-refractivity contribution in [3.8, 4) is 0 Å². The molecule has 1 fully saturated rings. The van der Waals surface area contributed by atoms with Gasteiger partial charge in [-0.3, -0.25) is 9.59 Å². The molecule has 160 valence electrons. The molecule has 6 heteroatoms. The van der Waals surface area contributed by atoms with Crippen LogP contribution in [0.25, 0.3) is 10.9 Å². The van der Waals surface area contributed by atoms with Crippen molar-refractivity contribution < 1.29 is 14.3 Å². The third-order valence-electron chi connectivity index (χ3n) is 6.65. The predicted molar refractivity (Wildman–Crippen MR) is 119 cm³/mol. The predicted octanol–water partition coefficient (Wildman–Crippen LogP) is 3.33. The van der Waals surface area contributed by atoms with Gasteiger partial charge in [-0.1, -0.05) is 36.4 Å². The molecule has 2 amide bonds. The molecule has 2 aliphatic heterocycles. The third kappa shape index (κ3) is 3.31. The van der Waals surface area contributed by atoms with Crippen LogP contribution in [-0.2, 0) is 16.6 Å². The number of amides is 2. The standard InChI is InChI=1S/C25H27N3O3/c1-16-23(20-11-5-6-12-21(20)27(16)2)24-18-9-3-4-10-19(18)25(30)28(24)15-22(29)26-14-17-8-7-13-31-17/h3-6,9-12,17,24H,7-8,13-15H2,1-2H3,(H,26,29)/t17-,24-/m0/s1. The second-order valence-corrected chi connectivity index (χ2v) is 8.44. The lowest BCUT2D eigenvalue weighted by Gasteiger charge is -2.26. The Morgan fingerprint density at radius 2 is 1.94 bits per heavy atom. The maximum Gasteiger partial charge on any atom is 0.255 e. The lowest BCUT2D eigenvalue weighted by atomic mass is 9.95. The number of para-hydroxylation sites is 1. The van der Waals surface area contributed by atoms with Gasteiger partial charge in [-0.05, 0) is 37.5 Å². The summed E-state index contributed by atoms with van der Waals surface area (Å²) < 4.78 is 7.76. The van der Waals surface area contributed by atoms with Gasteiger partial charge in [0.25, 0.3) is 5.91 Å². The Labute approximate surface area is 181 Å². The Kier molecular flexibility index (Phi) is 5.02. The van der Waals surface area contributed by atoms with E-state index in [2.05, 4.69) is 28.9 Å². The second kappa shape index (κ2) is 7.85. The number of benzene rings is 2. The topological polar surface area (TPSA) is 63.6 Å². The average molecular weight is 418 g/mol. The Morgan fingerprint density at radius 3 is 2.74 bits per heavy atom. The van der Waals surface area contributed by atoms with Gasteiger partial charge in [-0.15, -0.1) is 0 Å². The number of nitrogens with one attached hydrogen (secondary N) is 1. The van der Waals surface area contributed by atoms with Crippen LogP contribution in [0.2, 0.25) is 0 Å². The van der Waals surface area contributed by atoms with Gasteiger partial charge in [0, 0.05) is 47.9 Å². The van der Waals surface area contributed by atoms with Crippen LogP contribution in [-0.4, -0.2) is 47.1 Å². The monoisotopic (exact) mass is 417 g/mol. The number of hydrogen-bond acceptors (Lipinski definition) is 3. The summed E-state index contributed by atoms with van der Waals surface area (Å²) in [5.74, 6) is -0.250. The van der Waals surface area contributed by atoms with Crippen LogP contribution >= 0.6 is 0 Å². The zero-order chi connectivity index (χ0) is 21.5. The molecule has 6 nitrogen and oxygen atoms in total. The summed E-state index contributed by atoms with van der Waals surface area (Å²) in [6, 6.07) is 15.6. The van der Waals surface area contributed by atoms with Crippen LogP contribution in [0.15, 0.2) is 48.5 Å². The summed E-state index contributed by atoms with van der Waals surface area (Å²) >= 11 is 0. The lowest BCUT2D eigenvalue weighted by molar-refractivity contribution is -0.122. The van der Waals surface area contributed by atoms with Crippen LogP contribution in [0.5, 0.6) is 0 Å². The van der Waals surface area contributed by atoms with Crippen molar-refractivity contribution in [2.45, 2.75) is 31.9 Å². The van der Waals surface area contributed by atoms with Gasteiger partial charge in [0.2, 0.25) is 5.91 Å². The van der Waals surface area contributed by atoms with E-state index >= 15 is 0 Å². The van der Waals surface area contributed by atoms with E-state index in [9.17, 15) is 9.59 Å². The van der Waals surface area contributed by atoms with E-state index in [1.54, 1.807) is 4.90 Å². The molecule has 0 bridgehead atoms. The van der Waals surface area contributed by atoms with Crippen LogP contribution < -0.4 is 5.32 Å². The Hall–Kier alpha value is -3.12. The fourth-order valence-electron chi connectivity index (χ4n) is 4.98. The summed E-state index contributed by atoms with van der Waals surface area (Å²) in [5, 5.41) is 4.08. The summed E-state index contributed by atoms with van der Waals surface area (Å²) in [7, 11) is 2.04. The van der Waals surface area contributed by atoms with Crippen molar-refractivity contribution in [2.75, 3.05) is 19.7 Å². The van der Waals surface area contributed by atoms with Crippen LogP contribution in [0.1, 0.15) is 46.1 Å². The number of carbonyl (C=O) groups excluding carboxylic acids is 2. The molecule has 1 saturated heterocycles. The summed E-state index contributed by atoms with van der Waals surface area (Å²) in [6.45, 7) is 3.35. The maximum absolute atomic E-state index is 13.3. The number of ether oxygens (including phenoxy) is 1. The largest absolute Gasteiger partial charge is 0.376 e. The smallest absolute Gasteiger partial charge is 0.255 e. The highest BCUT2D eigenvalue weighted by Gasteiger charge is 2.40. The molecular weight excluding hydrogens is 390 g/mol. The highest BCUT2D eigenvalue weighted by atomic mass is 16.5. The van der Waals surface area contributed by atoms with Crippen LogP contribution in [0, 0.1) is 6.92 Å². The maximum atomic E-state index is 13.3. The van der Waals surface area contributed by atoms with Crippen molar-refractivity contribution in [2.24, 2.45) is 7.05 Å². The lowest BCUT2D eigenvalue weighted by Crippen LogP contribution is -2.41. The molecule has 1 aromatic heterocycles. The Bertz CT molecular complexity index is 1160. The minimum absolute atomic E-state index is 0.0214. The van der Waals surface area contributed by atoms with E-state index in [0.29, 0.717) is 12.1 Å². The van der Waals surface area contributed by atoms with Crippen molar-refractivity contribution in [1.82, 2.24) is 14.8 Å². The highest BCUT2D eigenvalue weighted by Crippen LogP contribution is 2.43. The molecular formula is C25H27N3O3. The quantitative estimate of drug-likeness (QED) is 0.693. The fraction of sp³-hybridized carbons (Fsp3) is 0.360.